The van der Waals surface area contributed by atoms with Crippen LogP contribution in [0.25, 0.3) is 5.69 Å². The number of halogens is 2. The molecule has 1 aromatic heterocycles. The van der Waals surface area contributed by atoms with Crippen molar-refractivity contribution >= 4 is 46.6 Å². The van der Waals surface area contributed by atoms with Crippen molar-refractivity contribution in [2.24, 2.45) is 0 Å². The van der Waals surface area contributed by atoms with Gasteiger partial charge in [0.05, 0.1) is 16.4 Å². The molecule has 0 aliphatic rings. The zero-order chi connectivity index (χ0) is 24.9. The zero-order valence-corrected chi connectivity index (χ0v) is 21.2. The van der Waals surface area contributed by atoms with Crippen LogP contribution >= 0.6 is 23.2 Å². The molecule has 0 aliphatic carbocycles. The van der Waals surface area contributed by atoms with Crippen molar-refractivity contribution in [3.8, 4) is 5.69 Å². The number of hydrogen-bond donors (Lipinski definition) is 2. The molecule has 1 heterocycles. The van der Waals surface area contributed by atoms with E-state index in [0.717, 1.165) is 5.69 Å². The zero-order valence-electron chi connectivity index (χ0n) is 19.7. The molecule has 0 aliphatic heterocycles. The standard InChI is InChI=1S/C25H29Cl2N5O2/c1-5-14-31(24(34)28-18-12-10-17(26)11-13-18)16-23(33)29-22-15-21(25(2,3)4)30-32(22)20-9-7-6-8-19(20)27/h6-13,15H,5,14,16H2,1-4H3,(H,28,34)(H,29,33). The monoisotopic (exact) mass is 501 g/mol. The van der Waals surface area contributed by atoms with Gasteiger partial charge in [0.2, 0.25) is 5.91 Å². The van der Waals surface area contributed by atoms with Crippen LogP contribution in [0.2, 0.25) is 10.0 Å². The Balaban J connectivity index is 1.80. The minimum atomic E-state index is -0.366. The van der Waals surface area contributed by atoms with Crippen molar-refractivity contribution in [2.45, 2.75) is 39.5 Å². The number of carbonyl (C=O) groups excluding carboxylic acids is 2. The minimum absolute atomic E-state index is 0.119. The highest BCUT2D eigenvalue weighted by Gasteiger charge is 2.23. The Hall–Kier alpha value is -3.03. The Morgan fingerprint density at radius 2 is 1.71 bits per heavy atom. The fraction of sp³-hybridized carbons (Fsp3) is 0.320. The van der Waals surface area contributed by atoms with E-state index in [0.29, 0.717) is 40.2 Å². The number of amides is 3. The summed E-state index contributed by atoms with van der Waals surface area (Å²) in [6.07, 6.45) is 0.701. The van der Waals surface area contributed by atoms with Gasteiger partial charge in [-0.05, 0) is 42.8 Å². The highest BCUT2D eigenvalue weighted by atomic mass is 35.5. The Bertz CT molecular complexity index is 1150. The molecule has 0 spiro atoms. The molecule has 0 saturated heterocycles. The molecule has 0 atom stereocenters. The molecule has 180 valence electrons. The first-order valence-corrected chi connectivity index (χ1v) is 11.8. The third-order valence-corrected chi connectivity index (χ3v) is 5.61. The number of anilines is 2. The summed E-state index contributed by atoms with van der Waals surface area (Å²) >= 11 is 12.3. The summed E-state index contributed by atoms with van der Waals surface area (Å²) in [6, 6.07) is 15.6. The molecule has 0 fully saturated rings. The van der Waals surface area contributed by atoms with E-state index < -0.39 is 0 Å². The van der Waals surface area contributed by atoms with E-state index in [2.05, 4.69) is 10.6 Å². The molecule has 0 saturated carbocycles. The molecule has 9 heteroatoms. The lowest BCUT2D eigenvalue weighted by Crippen LogP contribution is -2.41. The normalized spacial score (nSPS) is 11.2. The van der Waals surface area contributed by atoms with Crippen LogP contribution in [-0.2, 0) is 10.2 Å². The summed E-state index contributed by atoms with van der Waals surface area (Å²) in [5, 5.41) is 11.5. The summed E-state index contributed by atoms with van der Waals surface area (Å²) in [7, 11) is 0. The highest BCUT2D eigenvalue weighted by Crippen LogP contribution is 2.29. The number of rotatable bonds is 7. The largest absolute Gasteiger partial charge is 0.322 e. The number of urea groups is 1. The van der Waals surface area contributed by atoms with Gasteiger partial charge >= 0.3 is 6.03 Å². The van der Waals surface area contributed by atoms with Crippen LogP contribution in [-0.4, -0.2) is 39.7 Å². The first-order chi connectivity index (χ1) is 16.1. The van der Waals surface area contributed by atoms with Crippen molar-refractivity contribution in [2.75, 3.05) is 23.7 Å². The van der Waals surface area contributed by atoms with Crippen LogP contribution in [0.4, 0.5) is 16.3 Å². The molecule has 3 rings (SSSR count). The SMILES string of the molecule is CCCN(CC(=O)Nc1cc(C(C)(C)C)nn1-c1ccccc1Cl)C(=O)Nc1ccc(Cl)cc1. The molecule has 2 N–H and O–H groups in total. The van der Waals surface area contributed by atoms with Crippen LogP contribution in [0.5, 0.6) is 0 Å². The molecular weight excluding hydrogens is 473 g/mol. The fourth-order valence-corrected chi connectivity index (χ4v) is 3.60. The van der Waals surface area contributed by atoms with E-state index >= 15 is 0 Å². The van der Waals surface area contributed by atoms with Gasteiger partial charge in [-0.15, -0.1) is 0 Å². The topological polar surface area (TPSA) is 79.3 Å². The maximum Gasteiger partial charge on any atom is 0.322 e. The van der Waals surface area contributed by atoms with Gasteiger partial charge in [-0.25, -0.2) is 9.48 Å². The number of carbonyl (C=O) groups is 2. The lowest BCUT2D eigenvalue weighted by molar-refractivity contribution is -0.116. The maximum atomic E-state index is 13.0. The predicted octanol–water partition coefficient (Wildman–Crippen LogP) is 6.36. The van der Waals surface area contributed by atoms with E-state index in [1.807, 2.05) is 52.0 Å². The van der Waals surface area contributed by atoms with Gasteiger partial charge in [0, 0.05) is 28.7 Å². The van der Waals surface area contributed by atoms with Crippen LogP contribution in [0.1, 0.15) is 39.8 Å². The smallest absolute Gasteiger partial charge is 0.315 e. The molecule has 34 heavy (non-hydrogen) atoms. The van der Waals surface area contributed by atoms with Gasteiger partial charge in [-0.2, -0.15) is 5.10 Å². The van der Waals surface area contributed by atoms with E-state index in [1.54, 1.807) is 35.0 Å². The summed E-state index contributed by atoms with van der Waals surface area (Å²) in [5.74, 6) is 0.144. The first-order valence-electron chi connectivity index (χ1n) is 11.0. The van der Waals surface area contributed by atoms with E-state index in [9.17, 15) is 9.59 Å². The van der Waals surface area contributed by atoms with Crippen molar-refractivity contribution < 1.29 is 9.59 Å². The molecular formula is C25H29Cl2N5O2. The molecule has 2 aromatic carbocycles. The molecule has 3 amide bonds. The van der Waals surface area contributed by atoms with E-state index in [4.69, 9.17) is 28.3 Å². The Labute approximate surface area is 210 Å². The maximum absolute atomic E-state index is 13.0. The quantitative estimate of drug-likeness (QED) is 0.395. The lowest BCUT2D eigenvalue weighted by Gasteiger charge is -2.22. The van der Waals surface area contributed by atoms with Crippen molar-refractivity contribution in [3.05, 3.63) is 70.3 Å². The number of hydrogen-bond acceptors (Lipinski definition) is 3. The van der Waals surface area contributed by atoms with Crippen LogP contribution in [0, 0.1) is 0 Å². The van der Waals surface area contributed by atoms with Gasteiger partial charge in [0.1, 0.15) is 12.4 Å². The van der Waals surface area contributed by atoms with Gasteiger partial charge in [0.25, 0.3) is 0 Å². The van der Waals surface area contributed by atoms with Crippen LogP contribution in [0.15, 0.2) is 54.6 Å². The molecule has 0 radical (unpaired) electrons. The number of benzene rings is 2. The number of nitrogens with zero attached hydrogens (tertiary/aromatic N) is 3. The van der Waals surface area contributed by atoms with Gasteiger partial charge in [-0.1, -0.05) is 63.0 Å². The Morgan fingerprint density at radius 3 is 2.32 bits per heavy atom. The van der Waals surface area contributed by atoms with Gasteiger partial charge in [-0.3, -0.25) is 4.79 Å². The summed E-state index contributed by atoms with van der Waals surface area (Å²) < 4.78 is 1.62. The van der Waals surface area contributed by atoms with Crippen molar-refractivity contribution in [1.82, 2.24) is 14.7 Å². The number of aromatic nitrogens is 2. The molecule has 0 unspecified atom stereocenters. The lowest BCUT2D eigenvalue weighted by atomic mass is 9.92. The first kappa shape index (κ1) is 25.6. The Morgan fingerprint density at radius 1 is 1.03 bits per heavy atom. The second-order valence-electron chi connectivity index (χ2n) is 8.93. The molecule has 0 bridgehead atoms. The average Bonchev–Trinajstić information content (AvgIpc) is 3.19. The Kier molecular flexibility index (Phi) is 8.23. The second kappa shape index (κ2) is 10.9. The minimum Gasteiger partial charge on any atom is -0.315 e. The predicted molar refractivity (Wildman–Crippen MR) is 138 cm³/mol. The van der Waals surface area contributed by atoms with E-state index in [-0.39, 0.29) is 23.9 Å². The molecule has 7 nitrogen and oxygen atoms in total. The summed E-state index contributed by atoms with van der Waals surface area (Å²) in [5.41, 5.74) is 1.82. The van der Waals surface area contributed by atoms with Crippen molar-refractivity contribution in [1.29, 1.82) is 0 Å². The second-order valence-corrected chi connectivity index (χ2v) is 9.78. The summed E-state index contributed by atoms with van der Waals surface area (Å²) in [6.45, 7) is 8.38. The number of nitrogens with one attached hydrogen (secondary N) is 2. The van der Waals surface area contributed by atoms with Crippen molar-refractivity contribution in [3.63, 3.8) is 0 Å². The third kappa shape index (κ3) is 6.52. The fourth-order valence-electron chi connectivity index (χ4n) is 3.26. The van der Waals surface area contributed by atoms with Gasteiger partial charge < -0.3 is 15.5 Å². The van der Waals surface area contributed by atoms with Crippen LogP contribution in [0.3, 0.4) is 0 Å². The van der Waals surface area contributed by atoms with Gasteiger partial charge in [0.15, 0.2) is 0 Å². The third-order valence-electron chi connectivity index (χ3n) is 5.04. The van der Waals surface area contributed by atoms with Crippen LogP contribution < -0.4 is 10.6 Å². The van der Waals surface area contributed by atoms with E-state index in [1.165, 1.54) is 4.90 Å². The molecule has 3 aromatic rings. The number of para-hydroxylation sites is 1. The average molecular weight is 502 g/mol. The summed E-state index contributed by atoms with van der Waals surface area (Å²) in [4.78, 5) is 27.3. The highest BCUT2D eigenvalue weighted by molar-refractivity contribution is 6.32.